The minimum Gasteiger partial charge on any atom is -0.493 e. The van der Waals surface area contributed by atoms with Crippen molar-refractivity contribution in [3.63, 3.8) is 0 Å². The normalized spacial score (nSPS) is 10.9. The van der Waals surface area contributed by atoms with Gasteiger partial charge in [-0.1, -0.05) is 18.2 Å². The average molecular weight is 349 g/mol. The summed E-state index contributed by atoms with van der Waals surface area (Å²) in [5.74, 6) is 0.381. The number of ether oxygens (including phenoxy) is 2. The fourth-order valence-corrected chi connectivity index (χ4v) is 3.37. The molecule has 1 N–H and O–H groups in total. The average Bonchev–Trinajstić information content (AvgIpc) is 2.60. The Bertz CT molecular complexity index is 803. The van der Waals surface area contributed by atoms with Gasteiger partial charge in [0.1, 0.15) is 0 Å². The van der Waals surface area contributed by atoms with Crippen LogP contribution in [0.2, 0.25) is 0 Å². The molecule has 7 heteroatoms. The Morgan fingerprint density at radius 2 is 1.67 bits per heavy atom. The van der Waals surface area contributed by atoms with E-state index in [0.717, 1.165) is 0 Å². The number of benzene rings is 2. The highest BCUT2D eigenvalue weighted by molar-refractivity contribution is 7.91. The summed E-state index contributed by atoms with van der Waals surface area (Å²) in [6.45, 7) is 0. The Morgan fingerprint density at radius 3 is 2.29 bits per heavy atom. The number of methoxy groups -OCH3 is 2. The predicted octanol–water partition coefficient (Wildman–Crippen LogP) is 2.51. The first-order valence-corrected chi connectivity index (χ1v) is 8.91. The SMILES string of the molecule is COc1ccc(NC(=O)CCS(=O)(=O)c2ccccc2)cc1OC. The number of anilines is 1. The van der Waals surface area contributed by atoms with E-state index >= 15 is 0 Å². The van der Waals surface area contributed by atoms with E-state index in [1.165, 1.54) is 26.4 Å². The molecule has 6 nitrogen and oxygen atoms in total. The number of carbonyl (C=O) groups excluding carboxylic acids is 1. The Hall–Kier alpha value is -2.54. The lowest BCUT2D eigenvalue weighted by atomic mass is 10.2. The maximum Gasteiger partial charge on any atom is 0.225 e. The third-order valence-electron chi connectivity index (χ3n) is 3.37. The standard InChI is InChI=1S/C17H19NO5S/c1-22-15-9-8-13(12-16(15)23-2)18-17(19)10-11-24(20,21)14-6-4-3-5-7-14/h3-9,12H,10-11H2,1-2H3,(H,18,19). The van der Waals surface area contributed by atoms with Crippen molar-refractivity contribution in [2.75, 3.05) is 25.3 Å². The van der Waals surface area contributed by atoms with Crippen molar-refractivity contribution in [3.05, 3.63) is 48.5 Å². The van der Waals surface area contributed by atoms with Crippen LogP contribution < -0.4 is 14.8 Å². The highest BCUT2D eigenvalue weighted by atomic mass is 32.2. The largest absolute Gasteiger partial charge is 0.493 e. The van der Waals surface area contributed by atoms with E-state index < -0.39 is 9.84 Å². The van der Waals surface area contributed by atoms with Crippen LogP contribution in [0.25, 0.3) is 0 Å². The van der Waals surface area contributed by atoms with Gasteiger partial charge in [-0.25, -0.2) is 8.42 Å². The minimum atomic E-state index is -3.48. The lowest BCUT2D eigenvalue weighted by molar-refractivity contribution is -0.115. The topological polar surface area (TPSA) is 81.7 Å². The van der Waals surface area contributed by atoms with Crippen LogP contribution in [-0.4, -0.2) is 34.3 Å². The zero-order valence-electron chi connectivity index (χ0n) is 13.5. The molecule has 0 atom stereocenters. The van der Waals surface area contributed by atoms with Crippen molar-refractivity contribution in [2.45, 2.75) is 11.3 Å². The molecule has 0 aromatic heterocycles. The van der Waals surface area contributed by atoms with Crippen molar-refractivity contribution in [3.8, 4) is 11.5 Å². The van der Waals surface area contributed by atoms with Crippen LogP contribution in [0.5, 0.6) is 11.5 Å². The predicted molar refractivity (Wildman–Crippen MR) is 91.3 cm³/mol. The zero-order chi connectivity index (χ0) is 17.6. The van der Waals surface area contributed by atoms with Gasteiger partial charge in [-0.3, -0.25) is 4.79 Å². The van der Waals surface area contributed by atoms with Gasteiger partial charge in [0.25, 0.3) is 0 Å². The maximum absolute atomic E-state index is 12.2. The summed E-state index contributed by atoms with van der Waals surface area (Å²) in [4.78, 5) is 12.2. The van der Waals surface area contributed by atoms with E-state index in [4.69, 9.17) is 9.47 Å². The lowest BCUT2D eigenvalue weighted by Gasteiger charge is -2.10. The number of amides is 1. The van der Waals surface area contributed by atoms with Gasteiger partial charge in [0.2, 0.25) is 5.91 Å². The molecule has 0 aliphatic rings. The number of hydrogen-bond donors (Lipinski definition) is 1. The molecule has 0 saturated carbocycles. The fraction of sp³-hybridized carbons (Fsp3) is 0.235. The van der Waals surface area contributed by atoms with Crippen molar-refractivity contribution in [1.82, 2.24) is 0 Å². The third kappa shape index (κ3) is 4.48. The van der Waals surface area contributed by atoms with Crippen molar-refractivity contribution in [1.29, 1.82) is 0 Å². The van der Waals surface area contributed by atoms with E-state index in [2.05, 4.69) is 5.32 Å². The lowest BCUT2D eigenvalue weighted by Crippen LogP contribution is -2.17. The summed E-state index contributed by atoms with van der Waals surface area (Å²) >= 11 is 0. The van der Waals surface area contributed by atoms with E-state index in [9.17, 15) is 13.2 Å². The van der Waals surface area contributed by atoms with E-state index in [1.807, 2.05) is 0 Å². The molecule has 2 aromatic carbocycles. The van der Waals surface area contributed by atoms with Crippen molar-refractivity contribution in [2.24, 2.45) is 0 Å². The molecule has 2 rings (SSSR count). The Morgan fingerprint density at radius 1 is 1.00 bits per heavy atom. The first-order chi connectivity index (χ1) is 11.5. The number of sulfone groups is 1. The van der Waals surface area contributed by atoms with Crippen LogP contribution in [0.3, 0.4) is 0 Å². The molecular formula is C17H19NO5S. The molecule has 0 aliphatic heterocycles. The third-order valence-corrected chi connectivity index (χ3v) is 5.10. The smallest absolute Gasteiger partial charge is 0.225 e. The molecule has 1 amide bonds. The van der Waals surface area contributed by atoms with Crippen molar-refractivity contribution >= 4 is 21.4 Å². The van der Waals surface area contributed by atoms with Crippen LogP contribution in [0.15, 0.2) is 53.4 Å². The molecule has 0 spiro atoms. The van der Waals surface area contributed by atoms with E-state index in [0.29, 0.717) is 17.2 Å². The summed E-state index contributed by atoms with van der Waals surface area (Å²) in [6.07, 6.45) is -0.133. The van der Waals surface area contributed by atoms with Crippen LogP contribution in [0.1, 0.15) is 6.42 Å². The molecule has 0 aliphatic carbocycles. The number of hydrogen-bond acceptors (Lipinski definition) is 5. The highest BCUT2D eigenvalue weighted by Gasteiger charge is 2.16. The van der Waals surface area contributed by atoms with Crippen molar-refractivity contribution < 1.29 is 22.7 Å². The number of carbonyl (C=O) groups is 1. The molecule has 0 fully saturated rings. The second-order valence-corrected chi connectivity index (χ2v) is 7.11. The second kappa shape index (κ2) is 7.83. The molecule has 2 aromatic rings. The molecule has 0 bridgehead atoms. The summed E-state index contributed by atoms with van der Waals surface area (Å²) in [5.41, 5.74) is 0.509. The van der Waals surface area contributed by atoms with Gasteiger partial charge in [0.05, 0.1) is 24.9 Å². The van der Waals surface area contributed by atoms with Gasteiger partial charge in [-0.15, -0.1) is 0 Å². The van der Waals surface area contributed by atoms with Crippen LogP contribution in [0.4, 0.5) is 5.69 Å². The first-order valence-electron chi connectivity index (χ1n) is 7.26. The first kappa shape index (κ1) is 17.8. The van der Waals surface area contributed by atoms with Gasteiger partial charge in [0.15, 0.2) is 21.3 Å². The molecule has 0 radical (unpaired) electrons. The fourth-order valence-electron chi connectivity index (χ4n) is 2.11. The summed E-state index contributed by atoms with van der Waals surface area (Å²) < 4.78 is 34.6. The van der Waals surface area contributed by atoms with Gasteiger partial charge >= 0.3 is 0 Å². The second-order valence-electron chi connectivity index (χ2n) is 5.00. The molecule has 0 heterocycles. The number of nitrogens with one attached hydrogen (secondary N) is 1. The molecule has 128 valence electrons. The quantitative estimate of drug-likeness (QED) is 0.830. The minimum absolute atomic E-state index is 0.133. The summed E-state index contributed by atoms with van der Waals surface area (Å²) in [6, 6.07) is 13.0. The van der Waals surface area contributed by atoms with Gasteiger partial charge in [-0.05, 0) is 24.3 Å². The Balaban J connectivity index is 1.99. The van der Waals surface area contributed by atoms with Crippen LogP contribution >= 0.6 is 0 Å². The summed E-state index contributed by atoms with van der Waals surface area (Å²) in [5, 5.41) is 2.65. The summed E-state index contributed by atoms with van der Waals surface area (Å²) in [7, 11) is -0.462. The van der Waals surface area contributed by atoms with Gasteiger partial charge in [0, 0.05) is 18.2 Å². The highest BCUT2D eigenvalue weighted by Crippen LogP contribution is 2.29. The monoisotopic (exact) mass is 349 g/mol. The maximum atomic E-state index is 12.2. The Kier molecular flexibility index (Phi) is 5.81. The molecule has 0 saturated heterocycles. The zero-order valence-corrected chi connectivity index (χ0v) is 14.3. The van der Waals surface area contributed by atoms with E-state index in [1.54, 1.807) is 36.4 Å². The van der Waals surface area contributed by atoms with Gasteiger partial charge < -0.3 is 14.8 Å². The van der Waals surface area contributed by atoms with Gasteiger partial charge in [-0.2, -0.15) is 0 Å². The van der Waals surface area contributed by atoms with E-state index in [-0.39, 0.29) is 23.0 Å². The molecular weight excluding hydrogens is 330 g/mol. The van der Waals surface area contributed by atoms with Crippen LogP contribution in [0, 0.1) is 0 Å². The molecule has 0 unspecified atom stereocenters. The van der Waals surface area contributed by atoms with Crippen LogP contribution in [-0.2, 0) is 14.6 Å². The number of rotatable bonds is 7. The molecule has 24 heavy (non-hydrogen) atoms. The Labute approximate surface area is 141 Å².